The van der Waals surface area contributed by atoms with Crippen LogP contribution >= 0.6 is 0 Å². The molecule has 3 rings (SSSR count). The van der Waals surface area contributed by atoms with E-state index in [1.165, 1.54) is 12.1 Å². The number of sulfonamides is 1. The zero-order valence-electron chi connectivity index (χ0n) is 11.4. The highest BCUT2D eigenvalue weighted by Gasteiger charge is 2.08. The number of para-hydroxylation sites is 1. The predicted octanol–water partition coefficient (Wildman–Crippen LogP) is 1.60. The Morgan fingerprint density at radius 1 is 0.955 bits per heavy atom. The van der Waals surface area contributed by atoms with Crippen LogP contribution in [0.1, 0.15) is 0 Å². The fourth-order valence-corrected chi connectivity index (χ4v) is 2.53. The summed E-state index contributed by atoms with van der Waals surface area (Å²) in [4.78, 5) is 8.58. The Balaban J connectivity index is 1.93. The number of nitrogens with two attached hydrogens (primary N) is 2. The van der Waals surface area contributed by atoms with E-state index in [9.17, 15) is 8.42 Å². The van der Waals surface area contributed by atoms with Crippen LogP contribution in [0.25, 0.3) is 10.9 Å². The number of primary sulfonamides is 1. The molecule has 112 valence electrons. The van der Waals surface area contributed by atoms with Crippen LogP contribution in [-0.2, 0) is 10.0 Å². The van der Waals surface area contributed by atoms with Crippen molar-refractivity contribution in [1.29, 1.82) is 0 Å². The zero-order chi connectivity index (χ0) is 15.7. The van der Waals surface area contributed by atoms with Crippen molar-refractivity contribution >= 4 is 38.4 Å². The fourth-order valence-electron chi connectivity index (χ4n) is 2.01. The van der Waals surface area contributed by atoms with E-state index in [2.05, 4.69) is 15.3 Å². The first kappa shape index (κ1) is 14.2. The number of benzene rings is 2. The Kier molecular flexibility index (Phi) is 3.39. The molecule has 1 aromatic heterocycles. The molecule has 0 saturated heterocycles. The lowest BCUT2D eigenvalue weighted by Crippen LogP contribution is -2.11. The molecule has 1 heterocycles. The van der Waals surface area contributed by atoms with Crippen LogP contribution in [0.5, 0.6) is 0 Å². The molecule has 0 unspecified atom stereocenters. The third-order valence-electron chi connectivity index (χ3n) is 3.07. The highest BCUT2D eigenvalue weighted by Crippen LogP contribution is 2.21. The first-order valence-corrected chi connectivity index (χ1v) is 7.90. The lowest BCUT2D eigenvalue weighted by Gasteiger charge is -2.08. The molecule has 0 aliphatic carbocycles. The molecule has 0 radical (unpaired) electrons. The highest BCUT2D eigenvalue weighted by atomic mass is 32.2. The van der Waals surface area contributed by atoms with Gasteiger partial charge < -0.3 is 11.1 Å². The van der Waals surface area contributed by atoms with Gasteiger partial charge in [0.2, 0.25) is 16.0 Å². The minimum absolute atomic E-state index is 0.0389. The van der Waals surface area contributed by atoms with Gasteiger partial charge in [0.25, 0.3) is 0 Å². The molecule has 2 aromatic carbocycles. The summed E-state index contributed by atoms with van der Waals surface area (Å²) in [7, 11) is -3.71. The van der Waals surface area contributed by atoms with Gasteiger partial charge in [0.05, 0.1) is 10.4 Å². The molecule has 0 saturated carbocycles. The van der Waals surface area contributed by atoms with E-state index in [4.69, 9.17) is 10.9 Å². The Bertz CT molecular complexity index is 939. The Morgan fingerprint density at radius 2 is 1.64 bits per heavy atom. The maximum absolute atomic E-state index is 11.2. The first-order chi connectivity index (χ1) is 10.4. The number of aromatic nitrogens is 2. The van der Waals surface area contributed by atoms with Gasteiger partial charge in [-0.2, -0.15) is 4.98 Å². The SMILES string of the molecule is Nc1nc(Nc2ccc(S(N)(=O)=O)cc2)nc2ccccc12. The average Bonchev–Trinajstić information content (AvgIpc) is 2.47. The number of nitrogen functional groups attached to an aromatic ring is 1. The molecule has 0 spiro atoms. The quantitative estimate of drug-likeness (QED) is 0.674. The topological polar surface area (TPSA) is 124 Å². The lowest BCUT2D eigenvalue weighted by molar-refractivity contribution is 0.598. The van der Waals surface area contributed by atoms with E-state index in [1.54, 1.807) is 12.1 Å². The van der Waals surface area contributed by atoms with Crippen LogP contribution < -0.4 is 16.2 Å². The summed E-state index contributed by atoms with van der Waals surface area (Å²) in [5, 5.41) is 8.81. The van der Waals surface area contributed by atoms with Gasteiger partial charge in [-0.25, -0.2) is 18.5 Å². The van der Waals surface area contributed by atoms with Gasteiger partial charge in [-0.15, -0.1) is 0 Å². The van der Waals surface area contributed by atoms with Gasteiger partial charge in [0, 0.05) is 11.1 Å². The van der Waals surface area contributed by atoms with E-state index in [1.807, 2.05) is 24.3 Å². The molecule has 5 N–H and O–H groups in total. The molecule has 0 aliphatic rings. The van der Waals surface area contributed by atoms with Gasteiger partial charge in [0.1, 0.15) is 5.82 Å². The van der Waals surface area contributed by atoms with Crippen molar-refractivity contribution in [3.05, 3.63) is 48.5 Å². The van der Waals surface area contributed by atoms with Crippen molar-refractivity contribution in [3.63, 3.8) is 0 Å². The molecule has 0 amide bonds. The highest BCUT2D eigenvalue weighted by molar-refractivity contribution is 7.89. The number of hydrogen-bond acceptors (Lipinski definition) is 6. The summed E-state index contributed by atoms with van der Waals surface area (Å²) in [6.07, 6.45) is 0. The molecule has 8 heteroatoms. The lowest BCUT2D eigenvalue weighted by atomic mass is 10.2. The molecule has 7 nitrogen and oxygen atoms in total. The smallest absolute Gasteiger partial charge is 0.238 e. The normalized spacial score (nSPS) is 11.5. The molecular weight excluding hydrogens is 302 g/mol. The van der Waals surface area contributed by atoms with Crippen LogP contribution in [0.2, 0.25) is 0 Å². The van der Waals surface area contributed by atoms with Crippen molar-refractivity contribution in [2.24, 2.45) is 5.14 Å². The summed E-state index contributed by atoms with van der Waals surface area (Å²) in [5.74, 6) is 0.703. The fraction of sp³-hybridized carbons (Fsp3) is 0. The second-order valence-corrected chi connectivity index (χ2v) is 6.21. The van der Waals surface area contributed by atoms with Gasteiger partial charge in [-0.1, -0.05) is 12.1 Å². The molecule has 3 aromatic rings. The number of rotatable bonds is 3. The van der Waals surface area contributed by atoms with E-state index >= 15 is 0 Å². The largest absolute Gasteiger partial charge is 0.383 e. The van der Waals surface area contributed by atoms with Crippen LogP contribution in [0.15, 0.2) is 53.4 Å². The van der Waals surface area contributed by atoms with Crippen molar-refractivity contribution in [2.75, 3.05) is 11.1 Å². The number of hydrogen-bond donors (Lipinski definition) is 3. The van der Waals surface area contributed by atoms with Crippen LogP contribution in [-0.4, -0.2) is 18.4 Å². The predicted molar refractivity (Wildman–Crippen MR) is 85.0 cm³/mol. The molecule has 22 heavy (non-hydrogen) atoms. The summed E-state index contributed by atoms with van der Waals surface area (Å²) in [5.41, 5.74) is 7.25. The maximum atomic E-state index is 11.2. The molecule has 0 bridgehead atoms. The monoisotopic (exact) mass is 315 g/mol. The molecule has 0 fully saturated rings. The molecule has 0 atom stereocenters. The number of anilines is 3. The van der Waals surface area contributed by atoms with Crippen molar-refractivity contribution in [3.8, 4) is 0 Å². The summed E-state index contributed by atoms with van der Waals surface area (Å²) in [6.45, 7) is 0. The van der Waals surface area contributed by atoms with Crippen LogP contribution in [0.4, 0.5) is 17.5 Å². The molecule has 0 aliphatic heterocycles. The average molecular weight is 315 g/mol. The van der Waals surface area contributed by atoms with Gasteiger partial charge in [-0.05, 0) is 36.4 Å². The molecular formula is C14H13N5O2S. The van der Waals surface area contributed by atoms with E-state index in [0.717, 1.165) is 10.9 Å². The third kappa shape index (κ3) is 2.83. The van der Waals surface area contributed by atoms with Crippen molar-refractivity contribution in [1.82, 2.24) is 9.97 Å². The van der Waals surface area contributed by atoms with E-state index in [-0.39, 0.29) is 4.90 Å². The van der Waals surface area contributed by atoms with Gasteiger partial charge in [-0.3, -0.25) is 0 Å². The number of nitrogens with zero attached hydrogens (tertiary/aromatic N) is 2. The summed E-state index contributed by atoms with van der Waals surface area (Å²) >= 11 is 0. The number of fused-ring (bicyclic) bond motifs is 1. The Hall–Kier alpha value is -2.71. The maximum Gasteiger partial charge on any atom is 0.238 e. The second kappa shape index (κ2) is 5.24. The minimum Gasteiger partial charge on any atom is -0.383 e. The van der Waals surface area contributed by atoms with Crippen molar-refractivity contribution < 1.29 is 8.42 Å². The first-order valence-electron chi connectivity index (χ1n) is 6.35. The Morgan fingerprint density at radius 3 is 2.32 bits per heavy atom. The van der Waals surface area contributed by atoms with E-state index in [0.29, 0.717) is 17.5 Å². The summed E-state index contributed by atoms with van der Waals surface area (Å²) < 4.78 is 22.4. The van der Waals surface area contributed by atoms with E-state index < -0.39 is 10.0 Å². The van der Waals surface area contributed by atoms with Crippen LogP contribution in [0.3, 0.4) is 0 Å². The van der Waals surface area contributed by atoms with Crippen LogP contribution in [0, 0.1) is 0 Å². The minimum atomic E-state index is -3.71. The standard InChI is InChI=1S/C14H13N5O2S/c15-13-11-3-1-2-4-12(11)18-14(19-13)17-9-5-7-10(8-6-9)22(16,20)21/h1-8H,(H2,16,20,21)(H3,15,17,18,19). The zero-order valence-corrected chi connectivity index (χ0v) is 12.2. The third-order valence-corrected chi connectivity index (χ3v) is 4.00. The van der Waals surface area contributed by atoms with Gasteiger partial charge >= 0.3 is 0 Å². The number of nitrogens with one attached hydrogen (secondary N) is 1. The van der Waals surface area contributed by atoms with Gasteiger partial charge in [0.15, 0.2) is 0 Å². The second-order valence-electron chi connectivity index (χ2n) is 4.64. The Labute approximate surface area is 127 Å². The van der Waals surface area contributed by atoms with Crippen molar-refractivity contribution in [2.45, 2.75) is 4.90 Å². The summed E-state index contributed by atoms with van der Waals surface area (Å²) in [6, 6.07) is 13.4.